The highest BCUT2D eigenvalue weighted by atomic mass is 16.3. The van der Waals surface area contributed by atoms with E-state index < -0.39 is 0 Å². The van der Waals surface area contributed by atoms with Gasteiger partial charge in [-0.1, -0.05) is 66.7 Å². The standard InChI is InChI=1S/C37H21N7O/c1-4-17-29-22(10-1)26-15-8-20-38-34(26)43(29)36-40-33(28-14-7-13-25-24-12-3-6-19-31(24)45-32(25)28)41-37(42-36)44-30-18-5-2-11-23(30)27-16-9-21-39-35(27)44/h1-21H. The summed E-state index contributed by atoms with van der Waals surface area (Å²) < 4.78 is 10.5. The molecule has 6 aromatic heterocycles. The van der Waals surface area contributed by atoms with E-state index in [1.807, 2.05) is 75.9 Å². The first-order valence-corrected chi connectivity index (χ1v) is 14.7. The van der Waals surface area contributed by atoms with E-state index in [4.69, 9.17) is 29.3 Å². The Balaban J connectivity index is 1.35. The second-order valence-electron chi connectivity index (χ2n) is 11.0. The van der Waals surface area contributed by atoms with Crippen molar-refractivity contribution in [2.24, 2.45) is 0 Å². The van der Waals surface area contributed by atoms with E-state index in [9.17, 15) is 0 Å². The molecule has 0 radical (unpaired) electrons. The Hall–Kier alpha value is -6.41. The fourth-order valence-corrected chi connectivity index (χ4v) is 6.59. The fourth-order valence-electron chi connectivity index (χ4n) is 6.59. The number of aromatic nitrogens is 7. The first-order chi connectivity index (χ1) is 22.3. The largest absolute Gasteiger partial charge is 0.455 e. The highest BCUT2D eigenvalue weighted by Crippen LogP contribution is 2.37. The van der Waals surface area contributed by atoms with Gasteiger partial charge < -0.3 is 4.42 Å². The quantitative estimate of drug-likeness (QED) is 0.209. The highest BCUT2D eigenvalue weighted by molar-refractivity contribution is 6.10. The molecule has 0 aliphatic carbocycles. The Morgan fingerprint density at radius 2 is 0.978 bits per heavy atom. The monoisotopic (exact) mass is 579 g/mol. The van der Waals surface area contributed by atoms with Crippen LogP contribution in [0.5, 0.6) is 0 Å². The van der Waals surface area contributed by atoms with Gasteiger partial charge in [-0.25, -0.2) is 9.97 Å². The molecule has 0 N–H and O–H groups in total. The molecule has 10 rings (SSSR count). The van der Waals surface area contributed by atoms with Crippen LogP contribution < -0.4 is 0 Å². The Bertz CT molecular complexity index is 2550. The van der Waals surface area contributed by atoms with Crippen molar-refractivity contribution in [1.82, 2.24) is 34.1 Å². The molecule has 0 spiro atoms. The SMILES string of the molecule is c1ccc2c(c1)oc1c(-c3nc(-n4c5ccccc5c5cccnc54)nc(-n4c5ccccc5c5cccnc54)n3)cccc12. The topological polar surface area (TPSA) is 87.5 Å². The van der Waals surface area contributed by atoms with E-state index in [2.05, 4.69) is 48.5 Å². The number of pyridine rings is 2. The molecule has 0 amide bonds. The van der Waals surface area contributed by atoms with Gasteiger partial charge in [-0.15, -0.1) is 0 Å². The van der Waals surface area contributed by atoms with Crippen molar-refractivity contribution in [2.45, 2.75) is 0 Å². The second-order valence-corrected chi connectivity index (χ2v) is 11.0. The molecular formula is C37H21N7O. The molecule has 8 nitrogen and oxygen atoms in total. The van der Waals surface area contributed by atoms with Crippen LogP contribution in [0.15, 0.2) is 132 Å². The summed E-state index contributed by atoms with van der Waals surface area (Å²) in [5.74, 6) is 1.40. The lowest BCUT2D eigenvalue weighted by Gasteiger charge is -2.12. The van der Waals surface area contributed by atoms with E-state index >= 15 is 0 Å². The summed E-state index contributed by atoms with van der Waals surface area (Å²) in [6, 6.07) is 38.7. The van der Waals surface area contributed by atoms with Gasteiger partial charge in [-0.3, -0.25) is 9.13 Å². The first kappa shape index (κ1) is 24.1. The Morgan fingerprint density at radius 3 is 1.62 bits per heavy atom. The first-order valence-electron chi connectivity index (χ1n) is 14.7. The number of furan rings is 1. The second kappa shape index (κ2) is 9.05. The molecule has 210 valence electrons. The summed E-state index contributed by atoms with van der Waals surface area (Å²) in [5.41, 5.74) is 5.76. The fraction of sp³-hybridized carbons (Fsp3) is 0. The predicted molar refractivity (Wildman–Crippen MR) is 177 cm³/mol. The van der Waals surface area contributed by atoms with Gasteiger partial charge in [0.15, 0.2) is 5.82 Å². The number of hydrogen-bond acceptors (Lipinski definition) is 6. The molecule has 8 heteroatoms. The lowest BCUT2D eigenvalue weighted by Crippen LogP contribution is -2.11. The van der Waals surface area contributed by atoms with Crippen LogP contribution in [0.1, 0.15) is 0 Å². The molecule has 4 aromatic carbocycles. The average molecular weight is 580 g/mol. The van der Waals surface area contributed by atoms with Gasteiger partial charge in [0, 0.05) is 44.7 Å². The van der Waals surface area contributed by atoms with Crippen LogP contribution in [0, 0.1) is 0 Å². The average Bonchev–Trinajstić information content (AvgIpc) is 3.76. The van der Waals surface area contributed by atoms with E-state index in [-0.39, 0.29) is 0 Å². The van der Waals surface area contributed by atoms with Gasteiger partial charge in [0.25, 0.3) is 0 Å². The van der Waals surface area contributed by atoms with Crippen LogP contribution >= 0.6 is 0 Å². The highest BCUT2D eigenvalue weighted by Gasteiger charge is 2.22. The van der Waals surface area contributed by atoms with Gasteiger partial charge in [-0.2, -0.15) is 15.0 Å². The maximum atomic E-state index is 6.44. The molecule has 0 atom stereocenters. The maximum absolute atomic E-state index is 6.44. The summed E-state index contributed by atoms with van der Waals surface area (Å²) >= 11 is 0. The molecule has 0 saturated heterocycles. The molecule has 45 heavy (non-hydrogen) atoms. The zero-order valence-electron chi connectivity index (χ0n) is 23.7. The zero-order chi connectivity index (χ0) is 29.5. The van der Waals surface area contributed by atoms with Crippen LogP contribution in [-0.2, 0) is 0 Å². The molecule has 0 bridgehead atoms. The number of rotatable bonds is 3. The van der Waals surface area contributed by atoms with E-state index in [0.717, 1.165) is 71.4 Å². The summed E-state index contributed by atoms with van der Waals surface area (Å²) in [6.45, 7) is 0. The van der Waals surface area contributed by atoms with Crippen LogP contribution in [0.25, 0.3) is 89.1 Å². The van der Waals surface area contributed by atoms with E-state index in [1.54, 1.807) is 12.4 Å². The summed E-state index contributed by atoms with van der Waals surface area (Å²) in [5, 5.41) is 6.24. The van der Waals surface area contributed by atoms with Crippen molar-refractivity contribution in [3.63, 3.8) is 0 Å². The molecule has 0 aliphatic rings. The normalized spacial score (nSPS) is 12.0. The number of hydrogen-bond donors (Lipinski definition) is 0. The molecule has 6 heterocycles. The smallest absolute Gasteiger partial charge is 0.241 e. The molecule has 0 unspecified atom stereocenters. The molecule has 10 aromatic rings. The maximum Gasteiger partial charge on any atom is 0.241 e. The van der Waals surface area contributed by atoms with Gasteiger partial charge in [0.05, 0.1) is 16.6 Å². The number of para-hydroxylation sites is 4. The Morgan fingerprint density at radius 1 is 0.444 bits per heavy atom. The van der Waals surface area contributed by atoms with Crippen molar-refractivity contribution in [3.05, 3.63) is 128 Å². The van der Waals surface area contributed by atoms with E-state index in [0.29, 0.717) is 17.7 Å². The van der Waals surface area contributed by atoms with Crippen molar-refractivity contribution in [3.8, 4) is 23.3 Å². The number of nitrogens with zero attached hydrogens (tertiary/aromatic N) is 7. The Labute approximate surface area is 254 Å². The number of benzene rings is 4. The third-order valence-corrected chi connectivity index (χ3v) is 8.52. The molecule has 0 fully saturated rings. The van der Waals surface area contributed by atoms with Gasteiger partial charge in [-0.05, 0) is 48.5 Å². The lowest BCUT2D eigenvalue weighted by molar-refractivity contribution is 0.669. The molecule has 0 aliphatic heterocycles. The zero-order valence-corrected chi connectivity index (χ0v) is 23.7. The minimum atomic E-state index is 0.454. The third-order valence-electron chi connectivity index (χ3n) is 8.52. The van der Waals surface area contributed by atoms with Crippen molar-refractivity contribution in [2.75, 3.05) is 0 Å². The predicted octanol–water partition coefficient (Wildman–Crippen LogP) is 8.42. The van der Waals surface area contributed by atoms with Crippen molar-refractivity contribution in [1.29, 1.82) is 0 Å². The lowest BCUT2D eigenvalue weighted by atomic mass is 10.1. The van der Waals surface area contributed by atoms with Crippen LogP contribution in [0.4, 0.5) is 0 Å². The van der Waals surface area contributed by atoms with Gasteiger partial charge in [0.1, 0.15) is 22.5 Å². The summed E-state index contributed by atoms with van der Waals surface area (Å²) in [7, 11) is 0. The van der Waals surface area contributed by atoms with Crippen LogP contribution in [-0.4, -0.2) is 34.1 Å². The third kappa shape index (κ3) is 3.39. The molecule has 0 saturated carbocycles. The van der Waals surface area contributed by atoms with Crippen LogP contribution in [0.2, 0.25) is 0 Å². The van der Waals surface area contributed by atoms with Gasteiger partial charge >= 0.3 is 0 Å². The van der Waals surface area contributed by atoms with Crippen molar-refractivity contribution < 1.29 is 4.42 Å². The van der Waals surface area contributed by atoms with Crippen LogP contribution in [0.3, 0.4) is 0 Å². The molecular weight excluding hydrogens is 558 g/mol. The summed E-state index contributed by atoms with van der Waals surface area (Å²) in [4.78, 5) is 25.0. The minimum Gasteiger partial charge on any atom is -0.455 e. The Kier molecular flexibility index (Phi) is 4.84. The summed E-state index contributed by atoms with van der Waals surface area (Å²) in [6.07, 6.45) is 3.60. The minimum absolute atomic E-state index is 0.454. The number of fused-ring (bicyclic) bond motifs is 9. The van der Waals surface area contributed by atoms with E-state index in [1.165, 1.54) is 0 Å². The van der Waals surface area contributed by atoms with Crippen molar-refractivity contribution >= 4 is 65.8 Å². The van der Waals surface area contributed by atoms with Gasteiger partial charge in [0.2, 0.25) is 11.9 Å².